The van der Waals surface area contributed by atoms with Crippen molar-refractivity contribution in [2.75, 3.05) is 0 Å². The van der Waals surface area contributed by atoms with Crippen molar-refractivity contribution in [2.24, 2.45) is 5.41 Å². The number of carbonyl (C=O) groups excluding carboxylic acids is 2. The molecule has 25 heavy (non-hydrogen) atoms. The quantitative estimate of drug-likeness (QED) is 0.532. The molecule has 5 nitrogen and oxygen atoms in total. The first-order chi connectivity index (χ1) is 11.8. The Bertz CT molecular complexity index is 754. The van der Waals surface area contributed by atoms with Gasteiger partial charge in [-0.15, -0.1) is 0 Å². The molecule has 0 bridgehead atoms. The smallest absolute Gasteiger partial charge is 0.220 e. The third-order valence-electron chi connectivity index (χ3n) is 3.90. The van der Waals surface area contributed by atoms with Gasteiger partial charge in [0.1, 0.15) is 0 Å². The maximum absolute atomic E-state index is 12.3. The minimum absolute atomic E-state index is 0.0156. The van der Waals surface area contributed by atoms with E-state index < -0.39 is 5.41 Å². The van der Waals surface area contributed by atoms with Crippen LogP contribution in [0.5, 0.6) is 11.5 Å². The van der Waals surface area contributed by atoms with Crippen LogP contribution in [0, 0.1) is 5.41 Å². The van der Waals surface area contributed by atoms with Crippen LogP contribution < -0.4 is 5.32 Å². The van der Waals surface area contributed by atoms with Gasteiger partial charge in [-0.3, -0.25) is 9.59 Å². The Hall–Kier alpha value is -2.82. The molecule has 0 fully saturated rings. The molecular formula is C20H23NO4. The van der Waals surface area contributed by atoms with E-state index in [1.807, 2.05) is 32.0 Å². The number of amides is 1. The molecule has 1 amide bonds. The number of phenols is 2. The van der Waals surface area contributed by atoms with Crippen molar-refractivity contribution in [2.45, 2.75) is 33.2 Å². The first-order valence-electron chi connectivity index (χ1n) is 8.13. The van der Waals surface area contributed by atoms with Crippen LogP contribution in [0.2, 0.25) is 0 Å². The molecule has 0 radical (unpaired) electrons. The van der Waals surface area contributed by atoms with E-state index in [-0.39, 0.29) is 42.6 Å². The summed E-state index contributed by atoms with van der Waals surface area (Å²) < 4.78 is 0. The van der Waals surface area contributed by atoms with Crippen molar-refractivity contribution in [3.63, 3.8) is 0 Å². The molecule has 0 heterocycles. The summed E-state index contributed by atoms with van der Waals surface area (Å²) in [7, 11) is 0. The molecule has 132 valence electrons. The van der Waals surface area contributed by atoms with Crippen LogP contribution in [0.25, 0.3) is 0 Å². The fourth-order valence-electron chi connectivity index (χ4n) is 2.60. The highest BCUT2D eigenvalue weighted by Crippen LogP contribution is 2.27. The maximum atomic E-state index is 12.3. The van der Waals surface area contributed by atoms with Crippen LogP contribution >= 0.6 is 0 Å². The summed E-state index contributed by atoms with van der Waals surface area (Å²) in [4.78, 5) is 24.5. The number of Topliss-reactive ketones (excluding diaryl/α,β-unsaturated/α-hetero) is 1. The standard InChI is InChI=1S/C20H23NO4/c1-20(2,11-18(24)15-6-4-3-5-7-15)12-19(25)21-13-14-8-9-16(22)17(23)10-14/h3-10,22-23H,11-13H2,1-2H3,(H,21,25). The van der Waals surface area contributed by atoms with Crippen molar-refractivity contribution < 1.29 is 19.8 Å². The van der Waals surface area contributed by atoms with Gasteiger partial charge in [-0.1, -0.05) is 50.2 Å². The van der Waals surface area contributed by atoms with Crippen molar-refractivity contribution >= 4 is 11.7 Å². The van der Waals surface area contributed by atoms with E-state index in [0.717, 1.165) is 0 Å². The highest BCUT2D eigenvalue weighted by Gasteiger charge is 2.25. The number of ketones is 1. The van der Waals surface area contributed by atoms with Crippen molar-refractivity contribution in [1.82, 2.24) is 5.32 Å². The monoisotopic (exact) mass is 341 g/mol. The fourth-order valence-corrected chi connectivity index (χ4v) is 2.60. The van der Waals surface area contributed by atoms with Gasteiger partial charge in [0.05, 0.1) is 0 Å². The molecule has 2 aromatic carbocycles. The number of benzene rings is 2. The van der Waals surface area contributed by atoms with Gasteiger partial charge in [-0.2, -0.15) is 0 Å². The minimum Gasteiger partial charge on any atom is -0.504 e. The molecule has 3 N–H and O–H groups in total. The van der Waals surface area contributed by atoms with Crippen LogP contribution in [0.3, 0.4) is 0 Å². The Morgan fingerprint density at radius 1 is 0.960 bits per heavy atom. The summed E-state index contributed by atoms with van der Waals surface area (Å²) in [5.74, 6) is -0.573. The maximum Gasteiger partial charge on any atom is 0.220 e. The predicted molar refractivity (Wildman–Crippen MR) is 95.4 cm³/mol. The van der Waals surface area contributed by atoms with E-state index in [2.05, 4.69) is 5.32 Å². The molecule has 0 atom stereocenters. The van der Waals surface area contributed by atoms with Gasteiger partial charge in [-0.25, -0.2) is 0 Å². The molecule has 0 aliphatic heterocycles. The minimum atomic E-state index is -0.464. The second-order valence-corrected chi connectivity index (χ2v) is 6.91. The first kappa shape index (κ1) is 18.5. The van der Waals surface area contributed by atoms with Gasteiger partial charge < -0.3 is 15.5 Å². The van der Waals surface area contributed by atoms with E-state index in [9.17, 15) is 19.8 Å². The number of rotatable bonds is 7. The van der Waals surface area contributed by atoms with E-state index in [4.69, 9.17) is 0 Å². The molecule has 0 aromatic heterocycles. The summed E-state index contributed by atoms with van der Waals surface area (Å²) in [5, 5.41) is 21.5. The average Bonchev–Trinajstić information content (AvgIpc) is 2.56. The number of nitrogens with one attached hydrogen (secondary N) is 1. The van der Waals surface area contributed by atoms with E-state index in [1.165, 1.54) is 12.1 Å². The Labute approximate surface area is 147 Å². The van der Waals surface area contributed by atoms with Gasteiger partial charge in [-0.05, 0) is 23.1 Å². The fraction of sp³-hybridized carbons (Fsp3) is 0.300. The van der Waals surface area contributed by atoms with E-state index in [1.54, 1.807) is 18.2 Å². The average molecular weight is 341 g/mol. The van der Waals surface area contributed by atoms with Gasteiger partial charge in [0.25, 0.3) is 0 Å². The van der Waals surface area contributed by atoms with Gasteiger partial charge in [0.2, 0.25) is 5.91 Å². The summed E-state index contributed by atoms with van der Waals surface area (Å²) >= 11 is 0. The molecule has 0 spiro atoms. The Kier molecular flexibility index (Phi) is 5.80. The number of hydrogen-bond donors (Lipinski definition) is 3. The molecule has 0 saturated carbocycles. The lowest BCUT2D eigenvalue weighted by Crippen LogP contribution is -2.29. The number of carbonyl (C=O) groups is 2. The zero-order valence-electron chi connectivity index (χ0n) is 14.5. The van der Waals surface area contributed by atoms with Crippen LogP contribution in [0.4, 0.5) is 0 Å². The Balaban J connectivity index is 1.87. The number of hydrogen-bond acceptors (Lipinski definition) is 4. The van der Waals surface area contributed by atoms with Crippen molar-refractivity contribution in [3.8, 4) is 11.5 Å². The number of aromatic hydroxyl groups is 2. The normalized spacial score (nSPS) is 11.1. The van der Waals surface area contributed by atoms with Crippen LogP contribution in [-0.4, -0.2) is 21.9 Å². The van der Waals surface area contributed by atoms with E-state index >= 15 is 0 Å². The molecule has 0 saturated heterocycles. The summed E-state index contributed by atoms with van der Waals surface area (Å²) in [6.45, 7) is 4.02. The second kappa shape index (κ2) is 7.83. The molecule has 5 heteroatoms. The molecule has 2 rings (SSSR count). The SMILES string of the molecule is CC(C)(CC(=O)NCc1ccc(O)c(O)c1)CC(=O)c1ccccc1. The third-order valence-corrected chi connectivity index (χ3v) is 3.90. The second-order valence-electron chi connectivity index (χ2n) is 6.91. The topological polar surface area (TPSA) is 86.6 Å². The molecule has 0 aliphatic carbocycles. The summed E-state index contributed by atoms with van der Waals surface area (Å²) in [6.07, 6.45) is 0.500. The third kappa shape index (κ3) is 5.64. The van der Waals surface area contributed by atoms with Crippen LogP contribution in [0.1, 0.15) is 42.6 Å². The van der Waals surface area contributed by atoms with Crippen molar-refractivity contribution in [3.05, 3.63) is 59.7 Å². The Morgan fingerprint density at radius 2 is 1.64 bits per heavy atom. The first-order valence-corrected chi connectivity index (χ1v) is 8.13. The van der Waals surface area contributed by atoms with E-state index in [0.29, 0.717) is 11.1 Å². The van der Waals surface area contributed by atoms with Crippen molar-refractivity contribution in [1.29, 1.82) is 0 Å². The number of phenolic OH excluding ortho intramolecular Hbond substituents is 2. The molecule has 0 unspecified atom stereocenters. The van der Waals surface area contributed by atoms with Crippen LogP contribution in [0.15, 0.2) is 48.5 Å². The van der Waals surface area contributed by atoms with Gasteiger partial charge in [0.15, 0.2) is 17.3 Å². The summed E-state index contributed by atoms with van der Waals surface area (Å²) in [6, 6.07) is 13.4. The highest BCUT2D eigenvalue weighted by molar-refractivity contribution is 5.96. The highest BCUT2D eigenvalue weighted by atomic mass is 16.3. The lowest BCUT2D eigenvalue weighted by atomic mass is 9.82. The predicted octanol–water partition coefficient (Wildman–Crippen LogP) is 3.40. The molecular weight excluding hydrogens is 318 g/mol. The van der Waals surface area contributed by atoms with Gasteiger partial charge in [0, 0.05) is 24.9 Å². The Morgan fingerprint density at radius 3 is 2.28 bits per heavy atom. The zero-order chi connectivity index (χ0) is 18.4. The van der Waals surface area contributed by atoms with Crippen LogP contribution in [-0.2, 0) is 11.3 Å². The lowest BCUT2D eigenvalue weighted by molar-refractivity contribution is -0.123. The molecule has 0 aliphatic rings. The largest absolute Gasteiger partial charge is 0.504 e. The summed E-state index contributed by atoms with van der Waals surface area (Å²) in [5.41, 5.74) is 0.867. The molecule has 2 aromatic rings. The van der Waals surface area contributed by atoms with Gasteiger partial charge >= 0.3 is 0 Å². The lowest BCUT2D eigenvalue weighted by Gasteiger charge is -2.23. The zero-order valence-corrected chi connectivity index (χ0v) is 14.5.